The Hall–Kier alpha value is -2.70. The molecule has 1 saturated heterocycles. The lowest BCUT2D eigenvalue weighted by Crippen LogP contribution is -2.46. The molecule has 65 heavy (non-hydrogen) atoms. The van der Waals surface area contributed by atoms with Crippen LogP contribution in [0.2, 0.25) is 0 Å². The number of anilines is 1. The van der Waals surface area contributed by atoms with Crippen LogP contribution in [0.1, 0.15) is 110 Å². The van der Waals surface area contributed by atoms with Crippen molar-refractivity contribution in [3.05, 3.63) is 24.8 Å². The van der Waals surface area contributed by atoms with Gasteiger partial charge in [-0.05, 0) is 12.8 Å². The first-order valence-corrected chi connectivity index (χ1v) is 26.5. The predicted octanol–water partition coefficient (Wildman–Crippen LogP) is 1.39. The maximum Gasteiger partial charge on any atom is 0.274 e. The number of carbonyl (C=O) groups is 3. The Morgan fingerprint density at radius 2 is 1.60 bits per heavy atom. The van der Waals surface area contributed by atoms with Crippen molar-refractivity contribution in [3.63, 3.8) is 0 Å². The summed E-state index contributed by atoms with van der Waals surface area (Å²) in [6.45, 7) is 2.35. The molecule has 6 N–H and O–H groups in total. The average molecular weight is 1000 g/mol. The number of ether oxygens (including phenoxy) is 1. The molecule has 7 atom stereocenters. The standard InChI is InChI=1S/C37H64N7O17P3S/c1-4-5-6-7-8-9-10-11-12-13-14-15-16-17-28(46)65-21-20-39-27(45)18-19-40-35(49)32(48)37(2,3)23-58-64(55,56)61-63(53,54)57-22-26-31(60-62(50,51)52)30(47)36(59-26)44-25-43-29-33(38)41-24-42-34(29)44/h15-16,24-26,30-32,36,47-48H,4-14,17-23H2,1-3H3,(H,39,45)(H,40,49)(H,53,54)(H,55,56)(H2,38,41,42)(H2,50,51,52)/p-4/b16-15-/t26-,30-,31-,32+,36-/m1/s1. The highest BCUT2D eigenvalue weighted by atomic mass is 32.2. The number of aliphatic hydroxyl groups excluding tert-OH is 2. The molecule has 3 heterocycles. The van der Waals surface area contributed by atoms with E-state index < -0.39 is 84.6 Å². The number of fused-ring (bicyclic) bond motifs is 1. The number of aliphatic hydroxyl groups is 2. The molecule has 24 nitrogen and oxygen atoms in total. The van der Waals surface area contributed by atoms with Crippen molar-refractivity contribution < 1.29 is 80.5 Å². The third kappa shape index (κ3) is 20.6. The summed E-state index contributed by atoms with van der Waals surface area (Å²) >= 11 is 1.09. The molecule has 0 saturated carbocycles. The molecular formula is C37H60N7O17P3S-4. The number of carbonyl (C=O) groups excluding carboxylic acids is 3. The molecule has 3 rings (SSSR count). The Balaban J connectivity index is 1.34. The molecule has 1 fully saturated rings. The first-order chi connectivity index (χ1) is 30.6. The maximum absolute atomic E-state index is 12.6. The number of aromatic nitrogens is 4. The average Bonchev–Trinajstić information content (AvgIpc) is 3.79. The van der Waals surface area contributed by atoms with Crippen molar-refractivity contribution in [1.29, 1.82) is 0 Å². The molecular weight excluding hydrogens is 939 g/mol. The molecule has 0 aliphatic carbocycles. The van der Waals surface area contributed by atoms with Crippen molar-refractivity contribution in [1.82, 2.24) is 30.2 Å². The minimum absolute atomic E-state index is 0.0195. The number of nitrogens with two attached hydrogens (primary N) is 1. The SMILES string of the molecule is CCCCCCCCCCCC/C=C\CC(=O)SCCNC(=O)CCNC(=O)[C@H](O)C(C)(C)COP(=O)([O-])OP(=O)([O-])OC[C@H]1O[C@@H](n2cnc3c(N)ncnc32)[C@H](O)[C@@H]1OP(=O)([O-])[O-]. The zero-order chi connectivity index (χ0) is 48.3. The van der Waals surface area contributed by atoms with Crippen LogP contribution in [0.5, 0.6) is 0 Å². The fourth-order valence-corrected chi connectivity index (χ4v) is 9.76. The second-order valence-corrected chi connectivity index (χ2v) is 21.1. The van der Waals surface area contributed by atoms with Gasteiger partial charge >= 0.3 is 0 Å². The highest BCUT2D eigenvalue weighted by molar-refractivity contribution is 8.13. The number of nitrogens with one attached hydrogen (secondary N) is 2. The van der Waals surface area contributed by atoms with Gasteiger partial charge in [0.05, 0.1) is 27.4 Å². The van der Waals surface area contributed by atoms with Crippen LogP contribution in [-0.2, 0) is 50.7 Å². The van der Waals surface area contributed by atoms with Gasteiger partial charge in [-0.1, -0.05) is 102 Å². The van der Waals surface area contributed by atoms with Crippen LogP contribution < -0.4 is 35.9 Å². The van der Waals surface area contributed by atoms with E-state index >= 15 is 0 Å². The van der Waals surface area contributed by atoms with Crippen LogP contribution in [0.15, 0.2) is 24.8 Å². The summed E-state index contributed by atoms with van der Waals surface area (Å²) in [5.74, 6) is -1.18. The fraction of sp³-hybridized carbons (Fsp3) is 0.730. The minimum atomic E-state index is -5.92. The number of phosphoric ester groups is 3. The zero-order valence-corrected chi connectivity index (χ0v) is 40.1. The zero-order valence-electron chi connectivity index (χ0n) is 36.6. The Morgan fingerprint density at radius 3 is 2.26 bits per heavy atom. The van der Waals surface area contributed by atoms with E-state index in [1.165, 1.54) is 71.6 Å². The number of allylic oxidation sites excluding steroid dienone is 2. The minimum Gasteiger partial charge on any atom is -0.790 e. The van der Waals surface area contributed by atoms with Crippen LogP contribution in [-0.4, -0.2) is 103 Å². The van der Waals surface area contributed by atoms with Gasteiger partial charge in [-0.15, -0.1) is 0 Å². The summed E-state index contributed by atoms with van der Waals surface area (Å²) in [6, 6.07) is 0. The van der Waals surface area contributed by atoms with Gasteiger partial charge in [0.1, 0.15) is 36.3 Å². The van der Waals surface area contributed by atoms with Crippen LogP contribution in [0, 0.1) is 5.41 Å². The molecule has 28 heteroatoms. The van der Waals surface area contributed by atoms with Crippen LogP contribution in [0.25, 0.3) is 11.2 Å². The molecule has 2 aromatic rings. The number of hydrogen-bond acceptors (Lipinski definition) is 22. The summed E-state index contributed by atoms with van der Waals surface area (Å²) in [6.07, 6.45) is 10.2. The number of imidazole rings is 1. The van der Waals surface area contributed by atoms with Crippen molar-refractivity contribution in [2.45, 2.75) is 135 Å². The lowest BCUT2D eigenvalue weighted by atomic mass is 9.87. The van der Waals surface area contributed by atoms with E-state index in [0.717, 1.165) is 41.8 Å². The maximum atomic E-state index is 12.6. The van der Waals surface area contributed by atoms with Gasteiger partial charge in [0.25, 0.3) is 15.6 Å². The smallest absolute Gasteiger partial charge is 0.274 e. The third-order valence-corrected chi connectivity index (χ3v) is 13.8. The Kier molecular flexibility index (Phi) is 23.8. The van der Waals surface area contributed by atoms with Crippen LogP contribution in [0.3, 0.4) is 0 Å². The van der Waals surface area contributed by atoms with Gasteiger partial charge in [-0.2, -0.15) is 0 Å². The molecule has 2 unspecified atom stereocenters. The number of rotatable bonds is 32. The molecule has 1 aliphatic rings. The topological polar surface area (TPSA) is 375 Å². The number of unbranched alkanes of at least 4 members (excludes halogenated alkanes) is 10. The predicted molar refractivity (Wildman–Crippen MR) is 228 cm³/mol. The summed E-state index contributed by atoms with van der Waals surface area (Å²) in [5, 5.41) is 26.3. The van der Waals surface area contributed by atoms with E-state index in [1.54, 1.807) is 0 Å². The quantitative estimate of drug-likeness (QED) is 0.0393. The summed E-state index contributed by atoms with van der Waals surface area (Å²) in [5.41, 5.74) is 4.08. The Morgan fingerprint density at radius 1 is 0.954 bits per heavy atom. The number of amides is 2. The lowest BCUT2D eigenvalue weighted by molar-refractivity contribution is -0.347. The molecule has 0 spiro atoms. The van der Waals surface area contributed by atoms with Crippen molar-refractivity contribution in [2.75, 3.05) is 37.8 Å². The highest BCUT2D eigenvalue weighted by Gasteiger charge is 2.47. The Labute approximate surface area is 381 Å². The molecule has 0 bridgehead atoms. The second-order valence-electron chi connectivity index (χ2n) is 15.8. The molecule has 2 aromatic heterocycles. The molecule has 2 amide bonds. The van der Waals surface area contributed by atoms with Gasteiger partial charge in [0.15, 0.2) is 22.8 Å². The van der Waals surface area contributed by atoms with Gasteiger partial charge in [0.2, 0.25) is 11.8 Å². The lowest BCUT2D eigenvalue weighted by Gasteiger charge is -2.36. The third-order valence-electron chi connectivity index (χ3n) is 9.92. The summed E-state index contributed by atoms with van der Waals surface area (Å²) in [4.78, 5) is 96.7. The first-order valence-electron chi connectivity index (χ1n) is 21.2. The first kappa shape index (κ1) is 56.6. The normalized spacial score (nSPS) is 20.4. The fourth-order valence-electron chi connectivity index (χ4n) is 6.38. The van der Waals surface area contributed by atoms with E-state index in [2.05, 4.69) is 50.4 Å². The number of phosphoric acid groups is 3. The largest absolute Gasteiger partial charge is 0.790 e. The van der Waals surface area contributed by atoms with Crippen LogP contribution >= 0.6 is 35.2 Å². The number of thioether (sulfide) groups is 1. The van der Waals surface area contributed by atoms with Gasteiger partial charge in [-0.3, -0.25) is 28.1 Å². The van der Waals surface area contributed by atoms with Gasteiger partial charge in [0, 0.05) is 37.1 Å². The number of nitrogens with zero attached hydrogens (tertiary/aromatic N) is 4. The van der Waals surface area contributed by atoms with E-state index in [4.69, 9.17) is 10.5 Å². The molecule has 370 valence electrons. The highest BCUT2D eigenvalue weighted by Crippen LogP contribution is 2.56. The van der Waals surface area contributed by atoms with Gasteiger partial charge < -0.3 is 69.0 Å². The summed E-state index contributed by atoms with van der Waals surface area (Å²) < 4.78 is 60.8. The monoisotopic (exact) mass is 999 g/mol. The number of hydrogen-bond donors (Lipinski definition) is 5. The van der Waals surface area contributed by atoms with Crippen molar-refractivity contribution >= 4 is 69.1 Å². The van der Waals surface area contributed by atoms with Crippen LogP contribution in [0.4, 0.5) is 5.82 Å². The van der Waals surface area contributed by atoms with E-state index in [-0.39, 0.29) is 41.6 Å². The van der Waals surface area contributed by atoms with E-state index in [0.29, 0.717) is 12.2 Å². The number of nitrogen functional groups attached to an aromatic ring is 1. The molecule has 1 aliphatic heterocycles. The molecule has 0 aromatic carbocycles. The van der Waals surface area contributed by atoms with Gasteiger partial charge in [-0.25, -0.2) is 19.3 Å². The second kappa shape index (κ2) is 27.3. The summed E-state index contributed by atoms with van der Waals surface area (Å²) in [7, 11) is -17.6. The van der Waals surface area contributed by atoms with Crippen molar-refractivity contribution in [2.24, 2.45) is 5.41 Å². The Bertz CT molecular complexity index is 2010. The van der Waals surface area contributed by atoms with E-state index in [1.807, 2.05) is 12.2 Å². The molecule has 0 radical (unpaired) electrons. The van der Waals surface area contributed by atoms with Crippen molar-refractivity contribution in [3.8, 4) is 0 Å². The van der Waals surface area contributed by atoms with E-state index in [9.17, 15) is 57.9 Å².